The Balaban J connectivity index is 1.18. The minimum Gasteiger partial charge on any atom is -0.499 e. The fourth-order valence-electron chi connectivity index (χ4n) is 8.68. The zero-order valence-electron chi connectivity index (χ0n) is 29.1. The number of hydroxylamine groups is 2. The Labute approximate surface area is 307 Å². The van der Waals surface area contributed by atoms with E-state index in [2.05, 4.69) is 5.32 Å². The van der Waals surface area contributed by atoms with E-state index in [1.165, 1.54) is 6.26 Å². The molecule has 4 heterocycles. The molecular weight excluding hydrogens is 682 g/mol. The first-order valence-electron chi connectivity index (χ1n) is 18.2. The topological polar surface area (TPSA) is 156 Å². The molecule has 8 rings (SSSR count). The first-order chi connectivity index (χ1) is 25.9. The molecule has 2 amide bonds. The number of esters is 1. The van der Waals surface area contributed by atoms with Crippen LogP contribution in [0.1, 0.15) is 41.5 Å². The van der Waals surface area contributed by atoms with Crippen molar-refractivity contribution in [2.24, 2.45) is 5.41 Å². The van der Waals surface area contributed by atoms with Crippen LogP contribution < -0.4 is 5.32 Å². The summed E-state index contributed by atoms with van der Waals surface area (Å²) in [6, 6.07) is 24.8. The monoisotopic (exact) mass is 725 g/mol. The van der Waals surface area contributed by atoms with Crippen molar-refractivity contribution in [3.8, 4) is 0 Å². The third-order valence-corrected chi connectivity index (χ3v) is 11.0. The van der Waals surface area contributed by atoms with Crippen LogP contribution in [-0.2, 0) is 50.5 Å². The second-order valence-electron chi connectivity index (χ2n) is 14.0. The predicted octanol–water partition coefficient (Wildman–Crippen LogP) is 2.25. The highest BCUT2D eigenvalue weighted by Gasteiger charge is 2.77. The number of aliphatic hydroxyl groups excluding tert-OH is 2. The molecule has 0 spiro atoms. The van der Waals surface area contributed by atoms with Crippen LogP contribution in [-0.4, -0.2) is 107 Å². The Morgan fingerprint density at radius 2 is 1.62 bits per heavy atom. The second kappa shape index (κ2) is 14.7. The van der Waals surface area contributed by atoms with E-state index in [-0.39, 0.29) is 51.1 Å². The highest BCUT2D eigenvalue weighted by molar-refractivity contribution is 5.96. The average molecular weight is 726 g/mol. The van der Waals surface area contributed by atoms with Crippen molar-refractivity contribution in [1.82, 2.24) is 15.3 Å². The summed E-state index contributed by atoms with van der Waals surface area (Å²) in [7, 11) is 0. The summed E-state index contributed by atoms with van der Waals surface area (Å²) < 4.78 is 25.5. The van der Waals surface area contributed by atoms with E-state index < -0.39 is 53.7 Å². The summed E-state index contributed by atoms with van der Waals surface area (Å²) >= 11 is 0. The number of amides is 2. The molecular formula is C40H43N3O10. The summed E-state index contributed by atoms with van der Waals surface area (Å²) in [4.78, 5) is 51.3. The van der Waals surface area contributed by atoms with Crippen LogP contribution in [0.15, 0.2) is 91.2 Å². The SMILES string of the molecule is O=C(NCCO)[C@H]1CCCN1C(=O)[C@@]12C[C@H]3OC(=O)[C@@H]1N(Cc1ccc(C=COCCO)cc1)O[C@@H]2[C@H]1OC(c2ccccc2)(c2ccccc2)O[C@H]13. The van der Waals surface area contributed by atoms with Crippen LogP contribution in [0.25, 0.3) is 6.08 Å². The largest absolute Gasteiger partial charge is 0.499 e. The minimum atomic E-state index is -1.46. The van der Waals surface area contributed by atoms with E-state index in [1.54, 1.807) is 16.0 Å². The van der Waals surface area contributed by atoms with E-state index in [1.807, 2.05) is 84.9 Å². The summed E-state index contributed by atoms with van der Waals surface area (Å²) in [6.07, 6.45) is 1.07. The molecule has 1 aliphatic carbocycles. The fraction of sp³-hybridized carbons (Fsp3) is 0.425. The van der Waals surface area contributed by atoms with E-state index in [0.717, 1.165) is 22.3 Å². The molecule has 3 N–H and O–H groups in total. The van der Waals surface area contributed by atoms with Crippen molar-refractivity contribution < 1.29 is 48.4 Å². The number of fused-ring (bicyclic) bond motifs is 4. The average Bonchev–Trinajstić information content (AvgIpc) is 3.93. The van der Waals surface area contributed by atoms with E-state index >= 15 is 4.79 Å². The molecule has 0 aromatic heterocycles. The number of nitrogens with one attached hydrogen (secondary N) is 1. The van der Waals surface area contributed by atoms with Crippen LogP contribution in [0.2, 0.25) is 0 Å². The third kappa shape index (κ3) is 6.11. The smallest absolute Gasteiger partial charge is 0.327 e. The van der Waals surface area contributed by atoms with Gasteiger partial charge in [-0.05, 0) is 30.0 Å². The van der Waals surface area contributed by atoms with Crippen molar-refractivity contribution in [3.63, 3.8) is 0 Å². The number of rotatable bonds is 12. The minimum absolute atomic E-state index is 0.0687. The Morgan fingerprint density at radius 3 is 2.30 bits per heavy atom. The molecule has 13 heteroatoms. The molecule has 7 atom stereocenters. The Hall–Kier alpha value is -4.63. The number of aliphatic hydroxyl groups is 2. The number of carbonyl (C=O) groups is 3. The highest BCUT2D eigenvalue weighted by atomic mass is 16.8. The maximum Gasteiger partial charge on any atom is 0.327 e. The van der Waals surface area contributed by atoms with Gasteiger partial charge in [-0.2, -0.15) is 5.06 Å². The standard InChI is InChI=1S/C40H43N3O10/c44-20-18-41-36(46)30-12-7-19-42(30)38(48)39-24-31-32-33(52-40(51-32,28-8-3-1-4-9-28)29-10-5-2-6-11-29)35(39)53-43(34(39)37(47)50-31)25-27-15-13-26(14-16-27)17-22-49-23-21-45/h1-6,8-11,13-17,22,30-35,44-45H,7,12,18-21,23-25H2,(H,41,46)/t30-,31-,32+,33+,34+,35-,39+/m1/s1. The number of likely N-dealkylation sites (tertiary alicyclic amines) is 1. The zero-order valence-corrected chi connectivity index (χ0v) is 29.1. The van der Waals surface area contributed by atoms with E-state index in [9.17, 15) is 14.7 Å². The molecule has 53 heavy (non-hydrogen) atoms. The molecule has 3 aromatic carbocycles. The first-order valence-corrected chi connectivity index (χ1v) is 18.2. The van der Waals surface area contributed by atoms with Gasteiger partial charge in [0.1, 0.15) is 42.5 Å². The molecule has 5 fully saturated rings. The van der Waals surface area contributed by atoms with Gasteiger partial charge < -0.3 is 39.4 Å². The summed E-state index contributed by atoms with van der Waals surface area (Å²) in [5, 5.41) is 22.6. The number of hydrogen-bond acceptors (Lipinski definition) is 11. The van der Waals surface area contributed by atoms with Gasteiger partial charge in [0.05, 0.1) is 26.0 Å². The number of hydrogen-bond donors (Lipinski definition) is 3. The summed E-state index contributed by atoms with van der Waals surface area (Å²) in [6.45, 7) is 0.443. The molecule has 3 aromatic rings. The number of nitrogens with zero attached hydrogens (tertiary/aromatic N) is 2. The fourth-order valence-corrected chi connectivity index (χ4v) is 8.68. The maximum absolute atomic E-state index is 15.3. The molecule has 5 aliphatic rings. The number of benzene rings is 3. The maximum atomic E-state index is 15.3. The van der Waals surface area contributed by atoms with Crippen molar-refractivity contribution in [1.29, 1.82) is 0 Å². The molecule has 0 unspecified atom stereocenters. The van der Waals surface area contributed by atoms with Crippen molar-refractivity contribution in [2.75, 3.05) is 32.9 Å². The van der Waals surface area contributed by atoms with Crippen LogP contribution in [0.3, 0.4) is 0 Å². The van der Waals surface area contributed by atoms with Crippen molar-refractivity contribution >= 4 is 23.9 Å². The molecule has 13 nitrogen and oxygen atoms in total. The lowest BCUT2D eigenvalue weighted by Gasteiger charge is -2.50. The highest BCUT2D eigenvalue weighted by Crippen LogP contribution is 2.60. The van der Waals surface area contributed by atoms with Crippen LogP contribution in [0.5, 0.6) is 0 Å². The van der Waals surface area contributed by atoms with E-state index in [4.69, 9.17) is 28.9 Å². The Bertz CT molecular complexity index is 1790. The predicted molar refractivity (Wildman–Crippen MR) is 188 cm³/mol. The van der Waals surface area contributed by atoms with Crippen LogP contribution in [0.4, 0.5) is 0 Å². The summed E-state index contributed by atoms with van der Waals surface area (Å²) in [5.74, 6) is -2.70. The molecule has 2 bridgehead atoms. The Morgan fingerprint density at radius 1 is 0.925 bits per heavy atom. The lowest BCUT2D eigenvalue weighted by atomic mass is 9.62. The molecule has 0 radical (unpaired) electrons. The normalized spacial score (nSPS) is 29.9. The quantitative estimate of drug-likeness (QED) is 0.143. The first kappa shape index (κ1) is 35.4. The van der Waals surface area contributed by atoms with Gasteiger partial charge in [0.25, 0.3) is 0 Å². The van der Waals surface area contributed by atoms with E-state index in [0.29, 0.717) is 19.4 Å². The van der Waals surface area contributed by atoms with Crippen molar-refractivity contribution in [3.05, 3.63) is 113 Å². The molecule has 1 saturated carbocycles. The molecule has 278 valence electrons. The van der Waals surface area contributed by atoms with Gasteiger partial charge in [0.2, 0.25) is 17.6 Å². The van der Waals surface area contributed by atoms with Crippen LogP contribution >= 0.6 is 0 Å². The zero-order chi connectivity index (χ0) is 36.6. The lowest BCUT2D eigenvalue weighted by Crippen LogP contribution is -2.70. The number of ether oxygens (including phenoxy) is 4. The Kier molecular flexibility index (Phi) is 9.79. The summed E-state index contributed by atoms with van der Waals surface area (Å²) in [5.41, 5.74) is 1.71. The van der Waals surface area contributed by atoms with Gasteiger partial charge in [0.15, 0.2) is 6.04 Å². The van der Waals surface area contributed by atoms with Gasteiger partial charge >= 0.3 is 5.97 Å². The van der Waals surface area contributed by atoms with Gasteiger partial charge in [-0.1, -0.05) is 84.9 Å². The number of carbonyl (C=O) groups excluding carboxylic acids is 3. The van der Waals surface area contributed by atoms with Gasteiger partial charge in [0, 0.05) is 30.6 Å². The lowest BCUT2D eigenvalue weighted by molar-refractivity contribution is -0.214. The van der Waals surface area contributed by atoms with Gasteiger partial charge in [-0.3, -0.25) is 19.2 Å². The van der Waals surface area contributed by atoms with Gasteiger partial charge in [-0.25, -0.2) is 0 Å². The van der Waals surface area contributed by atoms with Gasteiger partial charge in [-0.15, -0.1) is 0 Å². The van der Waals surface area contributed by atoms with Crippen LogP contribution in [0, 0.1) is 5.41 Å². The molecule has 4 saturated heterocycles. The second-order valence-corrected chi connectivity index (χ2v) is 14.0. The third-order valence-electron chi connectivity index (χ3n) is 11.0. The molecule has 4 aliphatic heterocycles. The van der Waals surface area contributed by atoms with Crippen molar-refractivity contribution in [2.45, 2.75) is 68.1 Å².